The minimum Gasteiger partial charge on any atom is -0.399 e. The molecule has 2 aromatic rings. The summed E-state index contributed by atoms with van der Waals surface area (Å²) >= 11 is 0. The Morgan fingerprint density at radius 2 is 1.71 bits per heavy atom. The third-order valence-corrected chi connectivity index (χ3v) is 4.17. The predicted molar refractivity (Wildman–Crippen MR) is 96.7 cm³/mol. The van der Waals surface area contributed by atoms with E-state index >= 15 is 0 Å². The highest BCUT2D eigenvalue weighted by molar-refractivity contribution is 5.95. The predicted octanol–water partition coefficient (Wildman–Crippen LogP) is 2.65. The Morgan fingerprint density at radius 1 is 1.04 bits per heavy atom. The van der Waals surface area contributed by atoms with Crippen LogP contribution in [0.4, 0.5) is 5.69 Å². The molecule has 1 amide bonds. The van der Waals surface area contributed by atoms with Crippen LogP contribution in [0.5, 0.6) is 0 Å². The number of hydrazone groups is 1. The molecule has 2 aromatic carbocycles. The smallest absolute Gasteiger partial charge is 0.271 e. The van der Waals surface area contributed by atoms with E-state index in [2.05, 4.69) is 39.7 Å². The van der Waals surface area contributed by atoms with Crippen LogP contribution in [-0.2, 0) is 6.54 Å². The SMILES string of the molecule is Nc1ccc(C(=O)NN=C2CCN(Cc3ccccc3)CC2)cc1. The largest absolute Gasteiger partial charge is 0.399 e. The quantitative estimate of drug-likeness (QED) is 0.671. The molecule has 0 aromatic heterocycles. The lowest BCUT2D eigenvalue weighted by Gasteiger charge is -2.27. The number of hydrogen-bond donors (Lipinski definition) is 2. The van der Waals surface area contributed by atoms with Gasteiger partial charge in [-0.05, 0) is 29.8 Å². The van der Waals surface area contributed by atoms with E-state index in [1.165, 1.54) is 5.56 Å². The van der Waals surface area contributed by atoms with E-state index in [4.69, 9.17) is 5.73 Å². The van der Waals surface area contributed by atoms with E-state index in [9.17, 15) is 4.79 Å². The van der Waals surface area contributed by atoms with Crippen LogP contribution in [0.1, 0.15) is 28.8 Å². The molecule has 124 valence electrons. The van der Waals surface area contributed by atoms with Crippen molar-refractivity contribution in [3.05, 3.63) is 65.7 Å². The summed E-state index contributed by atoms with van der Waals surface area (Å²) < 4.78 is 0. The molecule has 1 heterocycles. The van der Waals surface area contributed by atoms with Gasteiger partial charge in [-0.3, -0.25) is 9.69 Å². The van der Waals surface area contributed by atoms with Crippen LogP contribution in [0.15, 0.2) is 59.7 Å². The molecule has 1 aliphatic rings. The molecule has 0 spiro atoms. The number of carbonyl (C=O) groups excluding carboxylic acids is 1. The van der Waals surface area contributed by atoms with Crippen molar-refractivity contribution < 1.29 is 4.79 Å². The molecule has 0 unspecified atom stereocenters. The number of benzene rings is 2. The molecule has 5 nitrogen and oxygen atoms in total. The summed E-state index contributed by atoms with van der Waals surface area (Å²) in [7, 11) is 0. The second-order valence-corrected chi connectivity index (χ2v) is 6.00. The number of nitrogens with zero attached hydrogens (tertiary/aromatic N) is 2. The molecule has 0 radical (unpaired) electrons. The van der Waals surface area contributed by atoms with E-state index in [1.54, 1.807) is 24.3 Å². The number of amides is 1. The van der Waals surface area contributed by atoms with Crippen LogP contribution >= 0.6 is 0 Å². The molecule has 1 saturated heterocycles. The first-order chi connectivity index (χ1) is 11.7. The van der Waals surface area contributed by atoms with Gasteiger partial charge >= 0.3 is 0 Å². The fourth-order valence-corrected chi connectivity index (χ4v) is 2.75. The number of nitrogens with one attached hydrogen (secondary N) is 1. The molecule has 3 rings (SSSR count). The van der Waals surface area contributed by atoms with Gasteiger partial charge in [-0.2, -0.15) is 5.10 Å². The van der Waals surface area contributed by atoms with Crippen molar-refractivity contribution in [2.45, 2.75) is 19.4 Å². The number of likely N-dealkylation sites (tertiary alicyclic amines) is 1. The van der Waals surface area contributed by atoms with Crippen molar-refractivity contribution in [1.82, 2.24) is 10.3 Å². The summed E-state index contributed by atoms with van der Waals surface area (Å²) in [5.41, 5.74) is 11.8. The number of hydrogen-bond acceptors (Lipinski definition) is 4. The molecule has 0 bridgehead atoms. The van der Waals surface area contributed by atoms with Crippen LogP contribution in [0.2, 0.25) is 0 Å². The van der Waals surface area contributed by atoms with Crippen molar-refractivity contribution in [3.63, 3.8) is 0 Å². The van der Waals surface area contributed by atoms with Gasteiger partial charge in [0.05, 0.1) is 0 Å². The van der Waals surface area contributed by atoms with Crippen LogP contribution in [0.3, 0.4) is 0 Å². The molecule has 0 saturated carbocycles. The maximum absolute atomic E-state index is 12.0. The Morgan fingerprint density at radius 3 is 2.38 bits per heavy atom. The summed E-state index contributed by atoms with van der Waals surface area (Å²) in [6, 6.07) is 17.3. The first kappa shape index (κ1) is 16.2. The zero-order chi connectivity index (χ0) is 16.8. The van der Waals surface area contributed by atoms with Gasteiger partial charge in [-0.15, -0.1) is 0 Å². The van der Waals surface area contributed by atoms with E-state index in [-0.39, 0.29) is 5.91 Å². The normalized spacial score (nSPS) is 15.1. The van der Waals surface area contributed by atoms with Crippen molar-refractivity contribution in [3.8, 4) is 0 Å². The van der Waals surface area contributed by atoms with Gasteiger partial charge in [-0.1, -0.05) is 30.3 Å². The van der Waals surface area contributed by atoms with Gasteiger partial charge in [0, 0.05) is 49.4 Å². The Kier molecular flexibility index (Phi) is 5.23. The molecule has 1 aliphatic heterocycles. The van der Waals surface area contributed by atoms with Crippen LogP contribution in [-0.4, -0.2) is 29.6 Å². The van der Waals surface area contributed by atoms with Gasteiger partial charge in [0.25, 0.3) is 5.91 Å². The number of nitrogen functional groups attached to an aromatic ring is 1. The number of piperidine rings is 1. The Hall–Kier alpha value is -2.66. The number of rotatable bonds is 4. The fraction of sp³-hybridized carbons (Fsp3) is 0.263. The molecule has 5 heteroatoms. The van der Waals surface area contributed by atoms with Gasteiger partial charge in [-0.25, -0.2) is 5.43 Å². The van der Waals surface area contributed by atoms with E-state index in [1.807, 2.05) is 6.07 Å². The summed E-state index contributed by atoms with van der Waals surface area (Å²) in [5.74, 6) is -0.200. The Balaban J connectivity index is 1.48. The number of anilines is 1. The minimum atomic E-state index is -0.200. The van der Waals surface area contributed by atoms with Crippen LogP contribution in [0, 0.1) is 0 Å². The lowest BCUT2D eigenvalue weighted by atomic mass is 10.1. The fourth-order valence-electron chi connectivity index (χ4n) is 2.75. The summed E-state index contributed by atoms with van der Waals surface area (Å²) in [5, 5.41) is 4.28. The van der Waals surface area contributed by atoms with Gasteiger partial charge in [0.15, 0.2) is 0 Å². The maximum Gasteiger partial charge on any atom is 0.271 e. The van der Waals surface area contributed by atoms with E-state index < -0.39 is 0 Å². The molecular weight excluding hydrogens is 300 g/mol. The maximum atomic E-state index is 12.0. The van der Waals surface area contributed by atoms with E-state index in [0.29, 0.717) is 11.3 Å². The Bertz CT molecular complexity index is 700. The second-order valence-electron chi connectivity index (χ2n) is 6.00. The zero-order valence-corrected chi connectivity index (χ0v) is 13.6. The van der Waals surface area contributed by atoms with Gasteiger partial charge < -0.3 is 5.73 Å². The van der Waals surface area contributed by atoms with Crippen molar-refractivity contribution >= 4 is 17.3 Å². The van der Waals surface area contributed by atoms with Crippen molar-refractivity contribution in [2.24, 2.45) is 5.10 Å². The minimum absolute atomic E-state index is 0.200. The molecule has 1 fully saturated rings. The first-order valence-electron chi connectivity index (χ1n) is 8.18. The second kappa shape index (κ2) is 7.75. The van der Waals surface area contributed by atoms with Crippen molar-refractivity contribution in [1.29, 1.82) is 0 Å². The zero-order valence-electron chi connectivity index (χ0n) is 13.6. The highest BCUT2D eigenvalue weighted by Gasteiger charge is 2.15. The molecule has 3 N–H and O–H groups in total. The third kappa shape index (κ3) is 4.43. The summed E-state index contributed by atoms with van der Waals surface area (Å²) in [6.45, 7) is 2.89. The monoisotopic (exact) mass is 322 g/mol. The molecule has 0 atom stereocenters. The van der Waals surface area contributed by atoms with Crippen molar-refractivity contribution in [2.75, 3.05) is 18.8 Å². The summed E-state index contributed by atoms with van der Waals surface area (Å²) in [4.78, 5) is 14.4. The Labute approximate surface area is 142 Å². The average Bonchev–Trinajstić information content (AvgIpc) is 2.62. The lowest BCUT2D eigenvalue weighted by molar-refractivity contribution is 0.0954. The van der Waals surface area contributed by atoms with Crippen LogP contribution < -0.4 is 11.2 Å². The van der Waals surface area contributed by atoms with Crippen LogP contribution in [0.25, 0.3) is 0 Å². The van der Waals surface area contributed by atoms with Gasteiger partial charge in [0.1, 0.15) is 0 Å². The molecule has 0 aliphatic carbocycles. The average molecular weight is 322 g/mol. The third-order valence-electron chi connectivity index (χ3n) is 4.17. The molecular formula is C19H22N4O. The number of carbonyl (C=O) groups is 1. The highest BCUT2D eigenvalue weighted by atomic mass is 16.2. The first-order valence-corrected chi connectivity index (χ1v) is 8.18. The summed E-state index contributed by atoms with van der Waals surface area (Å²) in [6.07, 6.45) is 1.77. The number of nitrogens with two attached hydrogens (primary N) is 1. The highest BCUT2D eigenvalue weighted by Crippen LogP contribution is 2.12. The standard InChI is InChI=1S/C19H22N4O/c20-17-8-6-16(7-9-17)19(24)22-21-18-10-12-23(13-11-18)14-15-4-2-1-3-5-15/h1-9H,10-14,20H2,(H,22,24). The van der Waals surface area contributed by atoms with Gasteiger partial charge in [0.2, 0.25) is 0 Å². The topological polar surface area (TPSA) is 70.7 Å². The molecule has 24 heavy (non-hydrogen) atoms. The lowest BCUT2D eigenvalue weighted by Crippen LogP contribution is -2.34. The van der Waals surface area contributed by atoms with E-state index in [0.717, 1.165) is 38.2 Å².